The number of halogens is 1. The highest BCUT2D eigenvalue weighted by Crippen LogP contribution is 2.31. The van der Waals surface area contributed by atoms with E-state index in [4.69, 9.17) is 23.8 Å². The Bertz CT molecular complexity index is 1250. The number of rotatable bonds is 6. The molecule has 0 radical (unpaired) electrons. The molecule has 0 unspecified atom stereocenters. The van der Waals surface area contributed by atoms with Crippen LogP contribution < -0.4 is 5.32 Å². The summed E-state index contributed by atoms with van der Waals surface area (Å²) in [5.41, 5.74) is 3.66. The summed E-state index contributed by atoms with van der Waals surface area (Å²) in [5.74, 6) is -0.0902. The predicted octanol–water partition coefficient (Wildman–Crippen LogP) is 7.10. The lowest BCUT2D eigenvalue weighted by Crippen LogP contribution is -2.22. The number of nitrogens with zero attached hydrogens (tertiary/aromatic N) is 2. The summed E-state index contributed by atoms with van der Waals surface area (Å²) in [6, 6.07) is 25.1. The average Bonchev–Trinajstić information content (AvgIpc) is 3.15. The number of para-hydroxylation sites is 1. The second-order valence-electron chi connectivity index (χ2n) is 6.68. The summed E-state index contributed by atoms with van der Waals surface area (Å²) in [7, 11) is 0. The third kappa shape index (κ3) is 5.25. The maximum atomic E-state index is 12.9. The van der Waals surface area contributed by atoms with E-state index in [1.165, 1.54) is 23.1 Å². The van der Waals surface area contributed by atoms with Crippen molar-refractivity contribution in [3.05, 3.63) is 87.8 Å². The van der Waals surface area contributed by atoms with Crippen LogP contribution in [0.4, 0.5) is 5.69 Å². The molecule has 4 aromatic rings. The van der Waals surface area contributed by atoms with Crippen molar-refractivity contribution in [1.29, 1.82) is 0 Å². The molecule has 8 heteroatoms. The molecule has 1 N–H and O–H groups in total. The van der Waals surface area contributed by atoms with Gasteiger partial charge in [-0.25, -0.2) is 4.68 Å². The van der Waals surface area contributed by atoms with E-state index in [0.29, 0.717) is 8.98 Å². The monoisotopic (exact) mass is 483 g/mol. The zero-order valence-corrected chi connectivity index (χ0v) is 19.7. The molecular weight excluding hydrogens is 466 g/mol. The number of benzene rings is 3. The van der Waals surface area contributed by atoms with Crippen molar-refractivity contribution >= 4 is 58.5 Å². The fraction of sp³-hybridized carbons (Fsp3) is 0.0870. The van der Waals surface area contributed by atoms with Gasteiger partial charge in [-0.05, 0) is 55.0 Å². The van der Waals surface area contributed by atoms with Gasteiger partial charge >= 0.3 is 0 Å². The number of hydrogen-bond donors (Lipinski definition) is 1. The van der Waals surface area contributed by atoms with Gasteiger partial charge in [-0.2, -0.15) is 0 Å². The summed E-state index contributed by atoms with van der Waals surface area (Å²) < 4.78 is 3.04. The SMILES string of the molecule is C[C@@H](Sc1nn(-c2ccc(Cl)cc2)c(=S)s1)C(=O)Nc1ccccc1-c1ccccc1. The fourth-order valence-electron chi connectivity index (χ4n) is 2.95. The molecule has 1 atom stereocenters. The number of aromatic nitrogens is 2. The van der Waals surface area contributed by atoms with Gasteiger partial charge in [-0.15, -0.1) is 5.10 Å². The third-order valence-corrected chi connectivity index (χ3v) is 7.19. The number of thioether (sulfide) groups is 1. The zero-order valence-electron chi connectivity index (χ0n) is 16.5. The van der Waals surface area contributed by atoms with Gasteiger partial charge < -0.3 is 5.32 Å². The smallest absolute Gasteiger partial charge is 0.237 e. The quantitative estimate of drug-likeness (QED) is 0.234. The van der Waals surface area contributed by atoms with Crippen LogP contribution in [-0.2, 0) is 4.79 Å². The molecule has 156 valence electrons. The van der Waals surface area contributed by atoms with E-state index in [9.17, 15) is 4.79 Å². The zero-order chi connectivity index (χ0) is 21.8. The molecule has 4 rings (SSSR count). The first-order valence-electron chi connectivity index (χ1n) is 9.49. The summed E-state index contributed by atoms with van der Waals surface area (Å²) in [4.78, 5) is 12.9. The maximum absolute atomic E-state index is 12.9. The summed E-state index contributed by atoms with van der Waals surface area (Å²) >= 11 is 14.2. The van der Waals surface area contributed by atoms with Crippen molar-refractivity contribution in [2.24, 2.45) is 0 Å². The van der Waals surface area contributed by atoms with Gasteiger partial charge in [0.15, 0.2) is 8.29 Å². The molecule has 0 aliphatic carbocycles. The van der Waals surface area contributed by atoms with Gasteiger partial charge in [-0.3, -0.25) is 4.79 Å². The molecule has 4 nitrogen and oxygen atoms in total. The Labute approximate surface area is 198 Å². The van der Waals surface area contributed by atoms with Crippen LogP contribution in [-0.4, -0.2) is 20.9 Å². The van der Waals surface area contributed by atoms with E-state index in [1.807, 2.05) is 73.7 Å². The van der Waals surface area contributed by atoms with E-state index in [0.717, 1.165) is 26.8 Å². The molecule has 1 aromatic heterocycles. The molecule has 1 heterocycles. The second kappa shape index (κ2) is 9.78. The first-order chi connectivity index (χ1) is 15.0. The predicted molar refractivity (Wildman–Crippen MR) is 133 cm³/mol. The van der Waals surface area contributed by atoms with Crippen molar-refractivity contribution in [2.45, 2.75) is 16.5 Å². The molecule has 0 spiro atoms. The van der Waals surface area contributed by atoms with Crippen molar-refractivity contribution in [3.63, 3.8) is 0 Å². The third-order valence-electron chi connectivity index (χ3n) is 4.52. The minimum absolute atomic E-state index is 0.0902. The topological polar surface area (TPSA) is 46.9 Å². The Balaban J connectivity index is 1.49. The van der Waals surface area contributed by atoms with E-state index in [-0.39, 0.29) is 11.2 Å². The molecular formula is C23H18ClN3OS3. The summed E-state index contributed by atoms with van der Waals surface area (Å²) in [6.07, 6.45) is 0. The van der Waals surface area contributed by atoms with Gasteiger partial charge in [0.05, 0.1) is 10.9 Å². The highest BCUT2D eigenvalue weighted by Gasteiger charge is 2.19. The molecule has 0 aliphatic heterocycles. The lowest BCUT2D eigenvalue weighted by molar-refractivity contribution is -0.115. The number of hydrogen-bond acceptors (Lipinski definition) is 5. The Hall–Kier alpha value is -2.45. The van der Waals surface area contributed by atoms with E-state index in [1.54, 1.807) is 16.8 Å². The van der Waals surface area contributed by atoms with Crippen LogP contribution in [0, 0.1) is 3.95 Å². The van der Waals surface area contributed by atoms with Crippen molar-refractivity contribution in [1.82, 2.24) is 9.78 Å². The van der Waals surface area contributed by atoms with Crippen molar-refractivity contribution < 1.29 is 4.79 Å². The molecule has 0 saturated heterocycles. The average molecular weight is 484 g/mol. The largest absolute Gasteiger partial charge is 0.325 e. The highest BCUT2D eigenvalue weighted by molar-refractivity contribution is 8.02. The summed E-state index contributed by atoms with van der Waals surface area (Å²) in [6.45, 7) is 1.86. The first-order valence-corrected chi connectivity index (χ1v) is 12.0. The minimum Gasteiger partial charge on any atom is -0.325 e. The normalized spacial score (nSPS) is 11.8. The molecule has 1 amide bonds. The van der Waals surface area contributed by atoms with Gasteiger partial charge in [0.25, 0.3) is 0 Å². The number of nitrogens with one attached hydrogen (secondary N) is 1. The minimum atomic E-state index is -0.344. The number of carbonyl (C=O) groups excluding carboxylic acids is 1. The van der Waals surface area contributed by atoms with Crippen LogP contribution in [0.2, 0.25) is 5.02 Å². The van der Waals surface area contributed by atoms with Crippen molar-refractivity contribution in [3.8, 4) is 16.8 Å². The van der Waals surface area contributed by atoms with Gasteiger partial charge in [-0.1, -0.05) is 83.2 Å². The Kier molecular flexibility index (Phi) is 6.87. The number of anilines is 1. The number of carbonyl (C=O) groups is 1. The van der Waals surface area contributed by atoms with Gasteiger partial charge in [0.1, 0.15) is 0 Å². The molecule has 0 bridgehead atoms. The Morgan fingerprint density at radius 3 is 2.48 bits per heavy atom. The van der Waals surface area contributed by atoms with E-state index in [2.05, 4.69) is 10.4 Å². The van der Waals surface area contributed by atoms with Crippen LogP contribution in [0.5, 0.6) is 0 Å². The highest BCUT2D eigenvalue weighted by atomic mass is 35.5. The Morgan fingerprint density at radius 1 is 1.06 bits per heavy atom. The number of amides is 1. The molecule has 0 saturated carbocycles. The van der Waals surface area contributed by atoms with Crippen molar-refractivity contribution in [2.75, 3.05) is 5.32 Å². The van der Waals surface area contributed by atoms with Gasteiger partial charge in [0.2, 0.25) is 5.91 Å². The van der Waals surface area contributed by atoms with Crippen LogP contribution >= 0.6 is 46.9 Å². The summed E-state index contributed by atoms with van der Waals surface area (Å²) in [5, 5.41) is 7.94. The first kappa shape index (κ1) is 21.8. The molecule has 3 aromatic carbocycles. The molecule has 31 heavy (non-hydrogen) atoms. The maximum Gasteiger partial charge on any atom is 0.237 e. The van der Waals surface area contributed by atoms with Crippen LogP contribution in [0.3, 0.4) is 0 Å². The van der Waals surface area contributed by atoms with Crippen LogP contribution in [0.25, 0.3) is 16.8 Å². The lowest BCUT2D eigenvalue weighted by atomic mass is 10.0. The van der Waals surface area contributed by atoms with Crippen LogP contribution in [0.15, 0.2) is 83.2 Å². The molecule has 0 fully saturated rings. The standard InChI is InChI=1S/C23H18ClN3OS3/c1-15(30-22-26-27(23(29)31-22)18-13-11-17(24)12-14-18)21(28)25-20-10-6-5-9-19(20)16-7-3-2-4-8-16/h2-15H,1H3,(H,25,28)/t15-/m1/s1. The second-order valence-corrected chi connectivity index (χ2v) is 10.3. The lowest BCUT2D eigenvalue weighted by Gasteiger charge is -2.14. The van der Waals surface area contributed by atoms with Crippen LogP contribution in [0.1, 0.15) is 6.92 Å². The Morgan fingerprint density at radius 2 is 1.74 bits per heavy atom. The molecule has 0 aliphatic rings. The van der Waals surface area contributed by atoms with E-state index < -0.39 is 0 Å². The van der Waals surface area contributed by atoms with Gasteiger partial charge in [0, 0.05) is 16.3 Å². The fourth-order valence-corrected chi connectivity index (χ4v) is 5.59. The van der Waals surface area contributed by atoms with E-state index >= 15 is 0 Å².